The summed E-state index contributed by atoms with van der Waals surface area (Å²) in [5.74, 6) is 0.0415. The highest BCUT2D eigenvalue weighted by Crippen LogP contribution is 2.49. The van der Waals surface area contributed by atoms with E-state index in [0.717, 1.165) is 0 Å². The van der Waals surface area contributed by atoms with Crippen LogP contribution >= 0.6 is 0 Å². The summed E-state index contributed by atoms with van der Waals surface area (Å²) in [5, 5.41) is 2.49. The van der Waals surface area contributed by atoms with Gasteiger partial charge in [-0.25, -0.2) is 0 Å². The zero-order valence-electron chi connectivity index (χ0n) is 7.83. The van der Waals surface area contributed by atoms with E-state index < -0.39 is 11.7 Å². The average Bonchev–Trinajstić information content (AvgIpc) is 2.66. The van der Waals surface area contributed by atoms with Crippen LogP contribution in [0.2, 0.25) is 0 Å². The maximum Gasteiger partial charge on any atom is 0.411 e. The summed E-state index contributed by atoms with van der Waals surface area (Å²) in [4.78, 5) is 0. The molecule has 0 aromatic rings. The second-order valence-electron chi connectivity index (χ2n) is 3.88. The highest BCUT2D eigenvalue weighted by Gasteiger charge is 2.63. The van der Waals surface area contributed by atoms with Gasteiger partial charge in [-0.3, -0.25) is 0 Å². The van der Waals surface area contributed by atoms with Crippen LogP contribution in [0.4, 0.5) is 13.2 Å². The third-order valence-electron chi connectivity index (χ3n) is 2.39. The Bertz CT molecular complexity index is 213. The van der Waals surface area contributed by atoms with Gasteiger partial charge in [0, 0.05) is 5.70 Å². The molecular weight excluding hydrogens is 179 g/mol. The van der Waals surface area contributed by atoms with Crippen molar-refractivity contribution >= 4 is 0 Å². The Morgan fingerprint density at radius 3 is 2.08 bits per heavy atom. The summed E-state index contributed by atoms with van der Waals surface area (Å²) in [6, 6.07) is 0. The minimum Gasteiger partial charge on any atom is -0.375 e. The van der Waals surface area contributed by atoms with Crippen molar-refractivity contribution in [2.24, 2.45) is 5.92 Å². The van der Waals surface area contributed by atoms with Crippen LogP contribution < -0.4 is 5.32 Å². The summed E-state index contributed by atoms with van der Waals surface area (Å²) >= 11 is 0. The number of hydrogen-bond donors (Lipinski definition) is 1. The van der Waals surface area contributed by atoms with Gasteiger partial charge in [-0.15, -0.1) is 0 Å². The first kappa shape index (κ1) is 10.4. The van der Waals surface area contributed by atoms with E-state index in [2.05, 4.69) is 11.9 Å². The van der Waals surface area contributed by atoms with Crippen molar-refractivity contribution < 1.29 is 13.2 Å². The standard InChI is InChI=1S/C9H14F3N/c1-6(2)7(3)13-8(4-5-8)9(10,11)12/h6,13H,3-5H2,1-2H3. The Kier molecular flexibility index (Phi) is 2.34. The Morgan fingerprint density at radius 1 is 1.38 bits per heavy atom. The topological polar surface area (TPSA) is 12.0 Å². The predicted molar refractivity (Wildman–Crippen MR) is 45.1 cm³/mol. The van der Waals surface area contributed by atoms with Crippen molar-refractivity contribution in [3.05, 3.63) is 12.3 Å². The molecule has 1 rings (SSSR count). The van der Waals surface area contributed by atoms with Crippen molar-refractivity contribution in [3.63, 3.8) is 0 Å². The molecule has 1 fully saturated rings. The fourth-order valence-corrected chi connectivity index (χ4v) is 1.06. The second-order valence-corrected chi connectivity index (χ2v) is 3.88. The zero-order valence-corrected chi connectivity index (χ0v) is 7.83. The van der Waals surface area contributed by atoms with E-state index in [1.54, 1.807) is 0 Å². The molecule has 1 N–H and O–H groups in total. The van der Waals surface area contributed by atoms with Crippen molar-refractivity contribution in [3.8, 4) is 0 Å². The largest absolute Gasteiger partial charge is 0.411 e. The van der Waals surface area contributed by atoms with Crippen molar-refractivity contribution in [1.82, 2.24) is 5.32 Å². The molecule has 0 bridgehead atoms. The second kappa shape index (κ2) is 2.93. The van der Waals surface area contributed by atoms with Gasteiger partial charge in [0.1, 0.15) is 5.54 Å². The van der Waals surface area contributed by atoms with Crippen LogP contribution in [-0.2, 0) is 0 Å². The molecule has 0 unspecified atom stereocenters. The predicted octanol–water partition coefficient (Wildman–Crippen LogP) is 2.84. The normalized spacial score (nSPS) is 20.2. The molecule has 1 nitrogen and oxygen atoms in total. The van der Waals surface area contributed by atoms with Gasteiger partial charge in [-0.2, -0.15) is 13.2 Å². The lowest BCUT2D eigenvalue weighted by atomic mass is 10.1. The summed E-state index contributed by atoms with van der Waals surface area (Å²) in [6.07, 6.45) is -3.81. The van der Waals surface area contributed by atoms with Crippen molar-refractivity contribution in [2.75, 3.05) is 0 Å². The number of nitrogens with one attached hydrogen (secondary N) is 1. The lowest BCUT2D eigenvalue weighted by Crippen LogP contribution is -2.44. The number of halogens is 3. The molecule has 13 heavy (non-hydrogen) atoms. The Labute approximate surface area is 76.0 Å². The molecule has 1 aliphatic rings. The van der Waals surface area contributed by atoms with Gasteiger partial charge in [0.25, 0.3) is 0 Å². The minimum atomic E-state index is -4.15. The van der Waals surface area contributed by atoms with E-state index >= 15 is 0 Å². The van der Waals surface area contributed by atoms with Crippen LogP contribution in [-0.4, -0.2) is 11.7 Å². The lowest BCUT2D eigenvalue weighted by Gasteiger charge is -2.24. The Balaban J connectivity index is 2.59. The van der Waals surface area contributed by atoms with E-state index in [4.69, 9.17) is 0 Å². The number of allylic oxidation sites excluding steroid dienone is 1. The third-order valence-corrected chi connectivity index (χ3v) is 2.39. The third kappa shape index (κ3) is 1.98. The Morgan fingerprint density at radius 2 is 1.85 bits per heavy atom. The van der Waals surface area contributed by atoms with E-state index in [9.17, 15) is 13.2 Å². The number of hydrogen-bond acceptors (Lipinski definition) is 1. The maximum atomic E-state index is 12.4. The van der Waals surface area contributed by atoms with Crippen molar-refractivity contribution in [1.29, 1.82) is 0 Å². The van der Waals surface area contributed by atoms with E-state index in [0.29, 0.717) is 5.70 Å². The number of alkyl halides is 3. The number of rotatable bonds is 3. The molecule has 0 saturated heterocycles. The fraction of sp³-hybridized carbons (Fsp3) is 0.778. The minimum absolute atomic E-state index is 0.0415. The van der Waals surface area contributed by atoms with Gasteiger partial charge < -0.3 is 5.32 Å². The summed E-state index contributed by atoms with van der Waals surface area (Å²) in [7, 11) is 0. The van der Waals surface area contributed by atoms with E-state index in [-0.39, 0.29) is 18.8 Å². The van der Waals surface area contributed by atoms with Crippen molar-refractivity contribution in [2.45, 2.75) is 38.4 Å². The Hall–Kier alpha value is -0.670. The molecule has 0 radical (unpaired) electrons. The van der Waals surface area contributed by atoms with Gasteiger partial charge >= 0.3 is 6.18 Å². The molecule has 0 amide bonds. The van der Waals surface area contributed by atoms with Crippen LogP contribution in [0.5, 0.6) is 0 Å². The van der Waals surface area contributed by atoms with Crippen LogP contribution in [0.25, 0.3) is 0 Å². The van der Waals surface area contributed by atoms with Crippen LogP contribution in [0.1, 0.15) is 26.7 Å². The van der Waals surface area contributed by atoms with E-state index in [1.165, 1.54) is 0 Å². The molecule has 76 valence electrons. The molecule has 0 heterocycles. The molecule has 0 aromatic heterocycles. The first-order valence-electron chi connectivity index (χ1n) is 4.32. The monoisotopic (exact) mass is 193 g/mol. The quantitative estimate of drug-likeness (QED) is 0.726. The van der Waals surface area contributed by atoms with E-state index in [1.807, 2.05) is 13.8 Å². The molecular formula is C9H14F3N. The van der Waals surface area contributed by atoms with Gasteiger partial charge in [0.05, 0.1) is 0 Å². The highest BCUT2D eigenvalue weighted by molar-refractivity contribution is 5.14. The summed E-state index contributed by atoms with van der Waals surface area (Å²) < 4.78 is 37.2. The molecule has 0 aromatic carbocycles. The van der Waals surface area contributed by atoms with Gasteiger partial charge in [-0.1, -0.05) is 20.4 Å². The highest BCUT2D eigenvalue weighted by atomic mass is 19.4. The first-order valence-corrected chi connectivity index (χ1v) is 4.32. The van der Waals surface area contributed by atoms with Crippen LogP contribution in [0.15, 0.2) is 12.3 Å². The van der Waals surface area contributed by atoms with Crippen LogP contribution in [0, 0.1) is 5.92 Å². The fourth-order valence-electron chi connectivity index (χ4n) is 1.06. The first-order chi connectivity index (χ1) is 5.78. The molecule has 0 aliphatic heterocycles. The van der Waals surface area contributed by atoms with Gasteiger partial charge in [-0.05, 0) is 18.8 Å². The maximum absolute atomic E-state index is 12.4. The van der Waals surface area contributed by atoms with Crippen LogP contribution in [0.3, 0.4) is 0 Å². The molecule has 4 heteroatoms. The average molecular weight is 193 g/mol. The smallest absolute Gasteiger partial charge is 0.375 e. The lowest BCUT2D eigenvalue weighted by molar-refractivity contribution is -0.164. The SMILES string of the molecule is C=C(NC1(C(F)(F)F)CC1)C(C)C. The van der Waals surface area contributed by atoms with Gasteiger partial charge in [0.15, 0.2) is 0 Å². The molecule has 0 spiro atoms. The summed E-state index contributed by atoms with van der Waals surface area (Å²) in [5.41, 5.74) is -1.19. The molecule has 1 saturated carbocycles. The molecule has 0 atom stereocenters. The zero-order chi connectivity index (χ0) is 10.3. The summed E-state index contributed by atoms with van der Waals surface area (Å²) in [6.45, 7) is 7.22. The molecule has 1 aliphatic carbocycles. The van der Waals surface area contributed by atoms with Gasteiger partial charge in [0.2, 0.25) is 0 Å².